The maximum Gasteiger partial charge on any atom is 0.306 e. The summed E-state index contributed by atoms with van der Waals surface area (Å²) in [5.74, 6) is -1.01. The normalized spacial score (nSPS) is 15.9. The van der Waals surface area contributed by atoms with Gasteiger partial charge in [-0.25, -0.2) is 0 Å². The lowest BCUT2D eigenvalue weighted by molar-refractivity contribution is -0.143. The molecule has 0 aromatic heterocycles. The largest absolute Gasteiger partial charge is 0.481 e. The molecule has 1 aromatic rings. The molecule has 0 bridgehead atoms. The van der Waals surface area contributed by atoms with E-state index >= 15 is 0 Å². The summed E-state index contributed by atoms with van der Waals surface area (Å²) in [7, 11) is 0. The zero-order valence-corrected chi connectivity index (χ0v) is 13.7. The van der Waals surface area contributed by atoms with Crippen LogP contribution in [0.2, 0.25) is 5.02 Å². The fraction of sp³-hybridized carbons (Fsp3) is 0.467. The fourth-order valence-corrected chi connectivity index (χ4v) is 2.64. The first-order valence-corrected chi connectivity index (χ1v) is 7.43. The third-order valence-corrected chi connectivity index (χ3v) is 3.94. The molecule has 1 fully saturated rings. The molecular weight excluding hydrogens is 327 g/mol. The predicted molar refractivity (Wildman–Crippen MR) is 88.7 cm³/mol. The van der Waals surface area contributed by atoms with Crippen molar-refractivity contribution in [3.05, 3.63) is 29.3 Å². The second kappa shape index (κ2) is 8.98. The lowest BCUT2D eigenvalue weighted by atomic mass is 9.97. The number of amides is 1. The van der Waals surface area contributed by atoms with Gasteiger partial charge in [0.2, 0.25) is 5.91 Å². The van der Waals surface area contributed by atoms with Crippen LogP contribution < -0.4 is 5.32 Å². The minimum atomic E-state index is -0.714. The highest BCUT2D eigenvalue weighted by atomic mass is 35.5. The Morgan fingerprint density at radius 1 is 1.32 bits per heavy atom. The number of hydrogen-bond acceptors (Lipinski definition) is 3. The number of carboxylic acid groups (broad SMARTS) is 1. The van der Waals surface area contributed by atoms with E-state index in [2.05, 4.69) is 10.2 Å². The number of anilines is 1. The van der Waals surface area contributed by atoms with Crippen LogP contribution in [0.15, 0.2) is 24.3 Å². The summed E-state index contributed by atoms with van der Waals surface area (Å²) in [5.41, 5.74) is 0.692. The molecule has 1 aliphatic rings. The number of aliphatic carboxylic acids is 1. The molecule has 5 nitrogen and oxygen atoms in total. The van der Waals surface area contributed by atoms with E-state index < -0.39 is 5.97 Å². The van der Waals surface area contributed by atoms with Gasteiger partial charge >= 0.3 is 5.97 Å². The van der Waals surface area contributed by atoms with Crippen molar-refractivity contribution in [3.63, 3.8) is 0 Å². The molecule has 0 atom stereocenters. The number of rotatable bonds is 5. The number of carbonyl (C=O) groups excluding carboxylic acids is 1. The van der Waals surface area contributed by atoms with Crippen LogP contribution in [0.5, 0.6) is 0 Å². The van der Waals surface area contributed by atoms with Crippen LogP contribution in [0.25, 0.3) is 0 Å². The van der Waals surface area contributed by atoms with Gasteiger partial charge in [-0.2, -0.15) is 0 Å². The molecule has 2 rings (SSSR count). The van der Waals surface area contributed by atoms with Crippen LogP contribution in [0.1, 0.15) is 19.3 Å². The minimum Gasteiger partial charge on any atom is -0.481 e. The molecule has 1 saturated heterocycles. The number of halogens is 2. The Balaban J connectivity index is 0.00000242. The molecule has 7 heteroatoms. The van der Waals surface area contributed by atoms with Gasteiger partial charge in [-0.05, 0) is 44.1 Å². The maximum absolute atomic E-state index is 11.9. The van der Waals surface area contributed by atoms with Gasteiger partial charge in [-0.1, -0.05) is 17.7 Å². The molecule has 0 unspecified atom stereocenters. The molecule has 1 heterocycles. The number of piperidine rings is 1. The van der Waals surface area contributed by atoms with Gasteiger partial charge in [-0.3, -0.25) is 9.59 Å². The quantitative estimate of drug-likeness (QED) is 0.859. The molecule has 1 aromatic carbocycles. The van der Waals surface area contributed by atoms with Crippen LogP contribution in [0.3, 0.4) is 0 Å². The first-order chi connectivity index (χ1) is 10.0. The number of benzene rings is 1. The number of nitrogens with one attached hydrogen (secondary N) is 1. The van der Waals surface area contributed by atoms with Gasteiger partial charge in [0.15, 0.2) is 0 Å². The molecule has 0 saturated carbocycles. The number of carbonyl (C=O) groups is 2. The van der Waals surface area contributed by atoms with Gasteiger partial charge in [0.25, 0.3) is 0 Å². The Hall–Kier alpha value is -1.30. The average molecular weight is 347 g/mol. The first-order valence-electron chi connectivity index (χ1n) is 7.05. The van der Waals surface area contributed by atoms with E-state index in [1.807, 2.05) is 0 Å². The molecule has 0 radical (unpaired) electrons. The second-order valence-corrected chi connectivity index (χ2v) is 5.70. The van der Waals surface area contributed by atoms with Gasteiger partial charge in [0, 0.05) is 23.7 Å². The van der Waals surface area contributed by atoms with Gasteiger partial charge < -0.3 is 15.3 Å². The number of carboxylic acids is 1. The molecule has 2 N–H and O–H groups in total. The Labute approximate surface area is 141 Å². The SMILES string of the molecule is Cl.O=C(CCN1CCC(C(=O)O)CC1)Nc1cccc(Cl)c1. The van der Waals surface area contributed by atoms with Crippen molar-refractivity contribution >= 4 is 41.6 Å². The standard InChI is InChI=1S/C15H19ClN2O3.ClH/c16-12-2-1-3-13(10-12)17-14(19)6-9-18-7-4-11(5-8-18)15(20)21;/h1-3,10-11H,4-9H2,(H,17,19)(H,20,21);1H. The van der Waals surface area contributed by atoms with Gasteiger partial charge in [-0.15, -0.1) is 12.4 Å². The van der Waals surface area contributed by atoms with E-state index in [-0.39, 0.29) is 24.2 Å². The Kier molecular flexibility index (Phi) is 7.65. The summed E-state index contributed by atoms with van der Waals surface area (Å²) >= 11 is 5.86. The lowest BCUT2D eigenvalue weighted by Crippen LogP contribution is -2.37. The van der Waals surface area contributed by atoms with E-state index in [1.165, 1.54) is 0 Å². The monoisotopic (exact) mass is 346 g/mol. The maximum atomic E-state index is 11.9. The summed E-state index contributed by atoms with van der Waals surface area (Å²) < 4.78 is 0. The molecule has 122 valence electrons. The van der Waals surface area contributed by atoms with E-state index in [1.54, 1.807) is 24.3 Å². The summed E-state index contributed by atoms with van der Waals surface area (Å²) in [6.45, 7) is 2.13. The highest BCUT2D eigenvalue weighted by Crippen LogP contribution is 2.18. The first kappa shape index (κ1) is 18.7. The smallest absolute Gasteiger partial charge is 0.306 e. The topological polar surface area (TPSA) is 69.6 Å². The third kappa shape index (κ3) is 5.83. The zero-order valence-electron chi connectivity index (χ0n) is 12.1. The molecule has 0 aliphatic carbocycles. The highest BCUT2D eigenvalue weighted by Gasteiger charge is 2.24. The zero-order chi connectivity index (χ0) is 15.2. The number of nitrogens with zero attached hydrogens (tertiary/aromatic N) is 1. The molecule has 22 heavy (non-hydrogen) atoms. The van der Waals surface area contributed by atoms with Crippen molar-refractivity contribution in [3.8, 4) is 0 Å². The summed E-state index contributed by atoms with van der Waals surface area (Å²) in [4.78, 5) is 24.9. The molecule has 1 aliphatic heterocycles. The Bertz CT molecular complexity index is 517. The van der Waals surface area contributed by atoms with Crippen LogP contribution in [-0.2, 0) is 9.59 Å². The third-order valence-electron chi connectivity index (χ3n) is 3.70. The van der Waals surface area contributed by atoms with Crippen LogP contribution >= 0.6 is 24.0 Å². The summed E-state index contributed by atoms with van der Waals surface area (Å²) in [6.07, 6.45) is 1.71. The van der Waals surface area contributed by atoms with Gasteiger partial charge in [0.05, 0.1) is 5.92 Å². The van der Waals surface area contributed by atoms with Crippen LogP contribution in [0, 0.1) is 5.92 Å². The van der Waals surface area contributed by atoms with Crippen molar-refractivity contribution in [2.75, 3.05) is 25.0 Å². The van der Waals surface area contributed by atoms with Crippen molar-refractivity contribution in [1.29, 1.82) is 0 Å². The average Bonchev–Trinajstić information content (AvgIpc) is 2.45. The van der Waals surface area contributed by atoms with E-state index in [9.17, 15) is 9.59 Å². The predicted octanol–water partition coefficient (Wildman–Crippen LogP) is 2.89. The fourth-order valence-electron chi connectivity index (χ4n) is 2.45. The van der Waals surface area contributed by atoms with E-state index in [0.717, 1.165) is 13.1 Å². The number of likely N-dealkylation sites (tertiary alicyclic amines) is 1. The van der Waals surface area contributed by atoms with E-state index in [4.69, 9.17) is 16.7 Å². The Morgan fingerprint density at radius 2 is 2.00 bits per heavy atom. The van der Waals surface area contributed by atoms with Crippen LogP contribution in [0.4, 0.5) is 5.69 Å². The summed E-state index contributed by atoms with van der Waals surface area (Å²) in [5, 5.41) is 12.3. The summed E-state index contributed by atoms with van der Waals surface area (Å²) in [6, 6.07) is 7.04. The van der Waals surface area contributed by atoms with Crippen molar-refractivity contribution in [1.82, 2.24) is 4.90 Å². The molecule has 0 spiro atoms. The van der Waals surface area contributed by atoms with Crippen molar-refractivity contribution in [2.45, 2.75) is 19.3 Å². The molecule has 1 amide bonds. The highest BCUT2D eigenvalue weighted by molar-refractivity contribution is 6.30. The Morgan fingerprint density at radius 3 is 2.59 bits per heavy atom. The minimum absolute atomic E-state index is 0. The molecular formula is C15H20Cl2N2O3. The van der Waals surface area contributed by atoms with Gasteiger partial charge in [0.1, 0.15) is 0 Å². The van der Waals surface area contributed by atoms with E-state index in [0.29, 0.717) is 36.5 Å². The lowest BCUT2D eigenvalue weighted by Gasteiger charge is -2.29. The van der Waals surface area contributed by atoms with Crippen LogP contribution in [-0.4, -0.2) is 41.5 Å². The number of hydrogen-bond donors (Lipinski definition) is 2. The van der Waals surface area contributed by atoms with Crippen molar-refractivity contribution < 1.29 is 14.7 Å². The second-order valence-electron chi connectivity index (χ2n) is 5.26. The van der Waals surface area contributed by atoms with Crippen molar-refractivity contribution in [2.24, 2.45) is 5.92 Å².